The van der Waals surface area contributed by atoms with Gasteiger partial charge in [-0.1, -0.05) is 24.3 Å². The normalized spacial score (nSPS) is 11.4. The second-order valence-corrected chi connectivity index (χ2v) is 5.63. The van der Waals surface area contributed by atoms with Gasteiger partial charge in [-0.15, -0.1) is 0 Å². The first-order valence-electron chi connectivity index (χ1n) is 7.87. The number of carbonyl (C=O) groups is 1. The van der Waals surface area contributed by atoms with Gasteiger partial charge in [-0.3, -0.25) is 14.3 Å². The van der Waals surface area contributed by atoms with Gasteiger partial charge in [0, 0.05) is 5.39 Å². The molecule has 0 radical (unpaired) electrons. The molecule has 0 unspecified atom stereocenters. The molecular weight excluding hydrogens is 363 g/mol. The minimum atomic E-state index is -4.49. The van der Waals surface area contributed by atoms with Gasteiger partial charge >= 0.3 is 6.18 Å². The molecule has 0 atom stereocenters. The number of amides is 1. The van der Waals surface area contributed by atoms with Gasteiger partial charge in [0.25, 0.3) is 0 Å². The molecule has 1 heterocycles. The third-order valence-corrected chi connectivity index (χ3v) is 3.61. The van der Waals surface area contributed by atoms with E-state index in [1.54, 1.807) is 30.3 Å². The number of ether oxygens (including phenoxy) is 1. The quantitative estimate of drug-likeness (QED) is 0.742. The summed E-state index contributed by atoms with van der Waals surface area (Å²) < 4.78 is 43.1. The minimum absolute atomic E-state index is 0.0964. The molecule has 0 fully saturated rings. The van der Waals surface area contributed by atoms with Gasteiger partial charge in [-0.25, -0.2) is 0 Å². The fourth-order valence-electron chi connectivity index (χ4n) is 2.47. The molecule has 0 aliphatic carbocycles. The number of benzene rings is 2. The number of nitrogens with one attached hydrogen (secondary N) is 1. The van der Waals surface area contributed by atoms with Crippen LogP contribution in [0.1, 0.15) is 0 Å². The van der Waals surface area contributed by atoms with Crippen molar-refractivity contribution in [2.24, 2.45) is 0 Å². The van der Waals surface area contributed by atoms with Crippen molar-refractivity contribution in [1.29, 1.82) is 0 Å². The van der Waals surface area contributed by atoms with Crippen LogP contribution in [0.25, 0.3) is 10.9 Å². The minimum Gasteiger partial charge on any atom is -0.482 e. The topological polar surface area (TPSA) is 73.2 Å². The molecule has 140 valence electrons. The zero-order chi connectivity index (χ0) is 19.4. The molecule has 27 heavy (non-hydrogen) atoms. The maximum atomic E-state index is 12.4. The van der Waals surface area contributed by atoms with Crippen LogP contribution in [0.5, 0.6) is 5.75 Å². The third-order valence-electron chi connectivity index (χ3n) is 3.61. The van der Waals surface area contributed by atoms with Gasteiger partial charge in [0.05, 0.1) is 17.4 Å². The predicted molar refractivity (Wildman–Crippen MR) is 92.6 cm³/mol. The molecule has 0 aliphatic heterocycles. The zero-order valence-corrected chi connectivity index (χ0v) is 13.9. The van der Waals surface area contributed by atoms with Crippen LogP contribution < -0.4 is 15.5 Å². The summed E-state index contributed by atoms with van der Waals surface area (Å²) in [5.41, 5.74) is 0.312. The maximum Gasteiger partial charge on any atom is 0.422 e. The van der Waals surface area contributed by atoms with Crippen LogP contribution in [-0.4, -0.2) is 28.5 Å². The number of anilines is 1. The number of para-hydroxylation sites is 3. The van der Waals surface area contributed by atoms with Crippen LogP contribution in [0.4, 0.5) is 18.9 Å². The summed E-state index contributed by atoms with van der Waals surface area (Å²) in [5.74, 6) is -0.625. The van der Waals surface area contributed by atoms with Gasteiger partial charge in [-0.2, -0.15) is 18.3 Å². The van der Waals surface area contributed by atoms with Crippen LogP contribution in [-0.2, 0) is 11.3 Å². The number of rotatable bonds is 5. The Morgan fingerprint density at radius 2 is 1.81 bits per heavy atom. The Labute approximate surface area is 151 Å². The van der Waals surface area contributed by atoms with Crippen LogP contribution in [0.3, 0.4) is 0 Å². The molecular formula is C18H14F3N3O3. The number of hydrogen-bond donors (Lipinski definition) is 1. The van der Waals surface area contributed by atoms with E-state index < -0.39 is 18.7 Å². The molecule has 3 aromatic rings. The van der Waals surface area contributed by atoms with E-state index in [1.807, 2.05) is 0 Å². The van der Waals surface area contributed by atoms with Crippen LogP contribution >= 0.6 is 0 Å². The number of aromatic nitrogens is 2. The lowest BCUT2D eigenvalue weighted by molar-refractivity contribution is -0.153. The second kappa shape index (κ2) is 7.48. The molecule has 0 saturated carbocycles. The molecule has 1 amide bonds. The Hall–Kier alpha value is -3.36. The van der Waals surface area contributed by atoms with Crippen molar-refractivity contribution in [1.82, 2.24) is 9.78 Å². The molecule has 1 aromatic heterocycles. The van der Waals surface area contributed by atoms with Gasteiger partial charge in [0.2, 0.25) is 11.3 Å². The standard InChI is InChI=1S/C18H14F3N3O3/c19-18(20,21)11-27-16-8-4-2-6-13(16)23-17(26)10-24-14-7-3-1-5-12(14)15(25)9-22-24/h1-9H,10-11H2,(H,23,26). The molecule has 0 aliphatic rings. The average molecular weight is 377 g/mol. The van der Waals surface area contributed by atoms with Gasteiger partial charge < -0.3 is 10.1 Å². The Morgan fingerprint density at radius 1 is 1.11 bits per heavy atom. The van der Waals surface area contributed by atoms with Crippen molar-refractivity contribution in [2.45, 2.75) is 12.7 Å². The van der Waals surface area contributed by atoms with E-state index in [2.05, 4.69) is 10.4 Å². The first-order chi connectivity index (χ1) is 12.8. The van der Waals surface area contributed by atoms with Crippen LogP contribution in [0, 0.1) is 0 Å². The van der Waals surface area contributed by atoms with Crippen LogP contribution in [0.15, 0.2) is 59.5 Å². The van der Waals surface area contributed by atoms with Gasteiger partial charge in [-0.05, 0) is 24.3 Å². The number of fused-ring (bicyclic) bond motifs is 1. The lowest BCUT2D eigenvalue weighted by atomic mass is 10.2. The SMILES string of the molecule is O=C(Cn1ncc(=O)c2ccccc21)Nc1ccccc1OCC(F)(F)F. The summed E-state index contributed by atoms with van der Waals surface area (Å²) in [7, 11) is 0. The third kappa shape index (κ3) is 4.63. The largest absolute Gasteiger partial charge is 0.482 e. The van der Waals surface area contributed by atoms with Crippen molar-refractivity contribution >= 4 is 22.5 Å². The van der Waals surface area contributed by atoms with E-state index in [9.17, 15) is 22.8 Å². The van der Waals surface area contributed by atoms with Gasteiger partial charge in [0.15, 0.2) is 6.61 Å². The van der Waals surface area contributed by atoms with Gasteiger partial charge in [0.1, 0.15) is 12.3 Å². The number of carbonyl (C=O) groups excluding carboxylic acids is 1. The molecule has 6 nitrogen and oxygen atoms in total. The number of alkyl halides is 3. The van der Waals surface area contributed by atoms with E-state index in [4.69, 9.17) is 4.74 Å². The van der Waals surface area contributed by atoms with Crippen molar-refractivity contribution in [3.63, 3.8) is 0 Å². The van der Waals surface area contributed by atoms with Crippen LogP contribution in [0.2, 0.25) is 0 Å². The Balaban J connectivity index is 1.78. The molecule has 1 N–H and O–H groups in total. The molecule has 0 bridgehead atoms. The summed E-state index contributed by atoms with van der Waals surface area (Å²) in [6.07, 6.45) is -3.38. The lowest BCUT2D eigenvalue weighted by Crippen LogP contribution is -2.23. The van der Waals surface area contributed by atoms with E-state index >= 15 is 0 Å². The Kier molecular flexibility index (Phi) is 5.11. The summed E-state index contributed by atoms with van der Waals surface area (Å²) in [6.45, 7) is -1.69. The number of nitrogens with zero attached hydrogens (tertiary/aromatic N) is 2. The highest BCUT2D eigenvalue weighted by molar-refractivity contribution is 5.93. The number of hydrogen-bond acceptors (Lipinski definition) is 4. The average Bonchev–Trinajstić information content (AvgIpc) is 2.63. The Bertz CT molecular complexity index is 1030. The maximum absolute atomic E-state index is 12.4. The highest BCUT2D eigenvalue weighted by atomic mass is 19.4. The van der Waals surface area contributed by atoms with E-state index in [0.29, 0.717) is 10.9 Å². The molecule has 2 aromatic carbocycles. The van der Waals surface area contributed by atoms with E-state index in [0.717, 1.165) is 6.20 Å². The molecule has 9 heteroatoms. The zero-order valence-electron chi connectivity index (χ0n) is 13.9. The first-order valence-corrected chi connectivity index (χ1v) is 7.87. The summed E-state index contributed by atoms with van der Waals surface area (Å²) >= 11 is 0. The summed E-state index contributed by atoms with van der Waals surface area (Å²) in [6, 6.07) is 12.5. The van der Waals surface area contributed by atoms with Crippen molar-refractivity contribution in [3.8, 4) is 5.75 Å². The fourth-order valence-corrected chi connectivity index (χ4v) is 2.47. The van der Waals surface area contributed by atoms with E-state index in [1.165, 1.54) is 22.9 Å². The molecule has 0 spiro atoms. The van der Waals surface area contributed by atoms with Crippen molar-refractivity contribution < 1.29 is 22.7 Å². The molecule has 3 rings (SSSR count). The number of halogens is 3. The highest BCUT2D eigenvalue weighted by Crippen LogP contribution is 2.26. The second-order valence-electron chi connectivity index (χ2n) is 5.63. The predicted octanol–water partition coefficient (Wildman–Crippen LogP) is 2.98. The van der Waals surface area contributed by atoms with E-state index in [-0.39, 0.29) is 23.4 Å². The Morgan fingerprint density at radius 3 is 2.59 bits per heavy atom. The van der Waals surface area contributed by atoms with Crippen molar-refractivity contribution in [2.75, 3.05) is 11.9 Å². The molecule has 0 saturated heterocycles. The highest BCUT2D eigenvalue weighted by Gasteiger charge is 2.28. The first kappa shape index (κ1) is 18.4. The van der Waals surface area contributed by atoms with Crippen molar-refractivity contribution in [3.05, 3.63) is 65.0 Å². The fraction of sp³-hybridized carbons (Fsp3) is 0.167. The lowest BCUT2D eigenvalue weighted by Gasteiger charge is -2.14. The smallest absolute Gasteiger partial charge is 0.422 e. The summed E-state index contributed by atoms with van der Waals surface area (Å²) in [4.78, 5) is 24.2. The summed E-state index contributed by atoms with van der Waals surface area (Å²) in [5, 5.41) is 6.86. The monoisotopic (exact) mass is 377 g/mol.